The molecule has 1 fully saturated rings. The number of amides is 2. The summed E-state index contributed by atoms with van der Waals surface area (Å²) in [5.74, 6) is 0.236. The minimum Gasteiger partial charge on any atom is -0.339 e. The monoisotopic (exact) mass is 500 g/mol. The number of benzene rings is 2. The van der Waals surface area contributed by atoms with Gasteiger partial charge in [0.25, 0.3) is 5.91 Å². The number of fused-ring (bicyclic) bond motifs is 3. The second-order valence-corrected chi connectivity index (χ2v) is 9.15. The van der Waals surface area contributed by atoms with Crippen molar-refractivity contribution < 1.29 is 9.59 Å². The molecule has 0 bridgehead atoms. The van der Waals surface area contributed by atoms with Crippen LogP contribution < -0.4 is 10.6 Å². The molecule has 180 valence electrons. The molecule has 5 aromatic rings. The van der Waals surface area contributed by atoms with Crippen molar-refractivity contribution in [3.05, 3.63) is 60.4 Å². The lowest BCUT2D eigenvalue weighted by molar-refractivity contribution is -0.121. The van der Waals surface area contributed by atoms with Crippen LogP contribution in [0.5, 0.6) is 0 Å². The summed E-state index contributed by atoms with van der Waals surface area (Å²) in [5.41, 5.74) is 3.41. The molecule has 4 heterocycles. The number of anilines is 3. The zero-order valence-electron chi connectivity index (χ0n) is 18.9. The summed E-state index contributed by atoms with van der Waals surface area (Å²) in [6, 6.07) is 14.8. The maximum Gasteiger partial charge on any atom is 0.253 e. The molecule has 12 nitrogen and oxygen atoms in total. The molecule has 0 spiro atoms. The quantitative estimate of drug-likeness (QED) is 0.372. The van der Waals surface area contributed by atoms with Crippen LogP contribution in [0.2, 0.25) is 0 Å². The van der Waals surface area contributed by atoms with Crippen molar-refractivity contribution in [2.24, 2.45) is 5.92 Å². The molecular weight excluding hydrogens is 480 g/mol. The molecule has 2 aromatic carbocycles. The lowest BCUT2D eigenvalue weighted by Crippen LogP contribution is -2.41. The van der Waals surface area contributed by atoms with Gasteiger partial charge in [0.2, 0.25) is 16.7 Å². The number of hydrogen-bond acceptors (Lipinski definition) is 10. The van der Waals surface area contributed by atoms with E-state index in [1.807, 2.05) is 36.4 Å². The fourth-order valence-electron chi connectivity index (χ4n) is 4.28. The summed E-state index contributed by atoms with van der Waals surface area (Å²) < 4.78 is 5.53. The van der Waals surface area contributed by atoms with Gasteiger partial charge in [-0.05, 0) is 59.7 Å². The van der Waals surface area contributed by atoms with E-state index < -0.39 is 0 Å². The lowest BCUT2D eigenvalue weighted by Gasteiger charge is -2.31. The van der Waals surface area contributed by atoms with E-state index in [0.717, 1.165) is 28.3 Å². The third-order valence-electron chi connectivity index (χ3n) is 6.16. The number of aromatic nitrogens is 7. The number of nitrogens with zero attached hydrogens (tertiary/aromatic N) is 8. The Kier molecular flexibility index (Phi) is 5.65. The van der Waals surface area contributed by atoms with Gasteiger partial charge in [0.15, 0.2) is 5.82 Å². The molecule has 36 heavy (non-hydrogen) atoms. The van der Waals surface area contributed by atoms with Gasteiger partial charge < -0.3 is 15.5 Å². The van der Waals surface area contributed by atoms with Crippen molar-refractivity contribution in [1.29, 1.82) is 0 Å². The molecule has 13 heteroatoms. The molecular formula is C23H20N10O2S. The number of piperidine rings is 1. The first kappa shape index (κ1) is 22.0. The molecule has 1 saturated heterocycles. The van der Waals surface area contributed by atoms with E-state index in [9.17, 15) is 9.59 Å². The summed E-state index contributed by atoms with van der Waals surface area (Å²) >= 11 is 1.14. The predicted molar refractivity (Wildman–Crippen MR) is 133 cm³/mol. The lowest BCUT2D eigenvalue weighted by atomic mass is 9.95. The number of likely N-dealkylation sites (tertiary alicyclic amines) is 1. The van der Waals surface area contributed by atoms with Gasteiger partial charge in [0.05, 0.1) is 11.0 Å². The third-order valence-corrected chi connectivity index (χ3v) is 6.74. The van der Waals surface area contributed by atoms with Crippen LogP contribution >= 0.6 is 11.5 Å². The van der Waals surface area contributed by atoms with Gasteiger partial charge in [0, 0.05) is 41.8 Å². The van der Waals surface area contributed by atoms with Crippen molar-refractivity contribution in [1.82, 2.24) is 39.3 Å². The summed E-state index contributed by atoms with van der Waals surface area (Å²) in [6.07, 6.45) is 2.62. The normalized spacial score (nSPS) is 14.3. The van der Waals surface area contributed by atoms with Gasteiger partial charge in [-0.2, -0.15) is 8.89 Å². The molecule has 3 aromatic heterocycles. The number of rotatable bonds is 5. The Labute approximate surface area is 208 Å². The molecule has 0 atom stereocenters. The van der Waals surface area contributed by atoms with Crippen LogP contribution in [0.3, 0.4) is 0 Å². The average Bonchev–Trinajstić information content (AvgIpc) is 3.62. The second kappa shape index (κ2) is 9.26. The maximum absolute atomic E-state index is 13.0. The van der Waals surface area contributed by atoms with E-state index in [0.29, 0.717) is 48.1 Å². The van der Waals surface area contributed by atoms with Gasteiger partial charge in [-0.25, -0.2) is 9.97 Å². The van der Waals surface area contributed by atoms with E-state index in [1.54, 1.807) is 21.5 Å². The van der Waals surface area contributed by atoms with Crippen LogP contribution in [0.25, 0.3) is 16.7 Å². The van der Waals surface area contributed by atoms with Crippen molar-refractivity contribution in [2.45, 2.75) is 12.8 Å². The largest absolute Gasteiger partial charge is 0.339 e. The van der Waals surface area contributed by atoms with E-state index in [1.165, 1.54) is 6.33 Å². The predicted octanol–water partition coefficient (Wildman–Crippen LogP) is 2.76. The van der Waals surface area contributed by atoms with Crippen LogP contribution in [-0.2, 0) is 4.79 Å². The topological polar surface area (TPSA) is 143 Å². The molecule has 0 unspecified atom stereocenters. The SMILES string of the molecule is O=C(Nc1ncns1)C1CCN(C(=O)c2ccc(Nc3nc4ccccc4n4nnnc34)cc2)CC1. The minimum absolute atomic E-state index is 0.0580. The Morgan fingerprint density at radius 1 is 1.03 bits per heavy atom. The van der Waals surface area contributed by atoms with Gasteiger partial charge in [-0.1, -0.05) is 12.1 Å². The van der Waals surface area contributed by atoms with E-state index >= 15 is 0 Å². The summed E-state index contributed by atoms with van der Waals surface area (Å²) in [4.78, 5) is 35.9. The van der Waals surface area contributed by atoms with Crippen LogP contribution in [0, 0.1) is 5.92 Å². The molecule has 1 aliphatic heterocycles. The highest BCUT2D eigenvalue weighted by atomic mass is 32.1. The number of carbonyl (C=O) groups is 2. The van der Waals surface area contributed by atoms with Crippen LogP contribution in [0.1, 0.15) is 23.2 Å². The van der Waals surface area contributed by atoms with Crippen LogP contribution in [0.15, 0.2) is 54.9 Å². The molecule has 0 aliphatic carbocycles. The van der Waals surface area contributed by atoms with Crippen LogP contribution in [-0.4, -0.2) is 64.2 Å². The molecule has 1 aliphatic rings. The molecule has 2 amide bonds. The van der Waals surface area contributed by atoms with Crippen LogP contribution in [0.4, 0.5) is 16.6 Å². The van der Waals surface area contributed by atoms with Gasteiger partial charge in [0.1, 0.15) is 6.33 Å². The minimum atomic E-state index is -0.150. The summed E-state index contributed by atoms with van der Waals surface area (Å²) in [7, 11) is 0. The zero-order valence-corrected chi connectivity index (χ0v) is 19.7. The highest BCUT2D eigenvalue weighted by Crippen LogP contribution is 2.24. The second-order valence-electron chi connectivity index (χ2n) is 8.37. The number of para-hydroxylation sites is 2. The average molecular weight is 501 g/mol. The van der Waals surface area contributed by atoms with Gasteiger partial charge in [-0.15, -0.1) is 5.10 Å². The van der Waals surface area contributed by atoms with Crippen molar-refractivity contribution >= 4 is 56.7 Å². The number of hydrogen-bond donors (Lipinski definition) is 2. The Morgan fingerprint density at radius 3 is 2.61 bits per heavy atom. The maximum atomic E-state index is 13.0. The van der Waals surface area contributed by atoms with E-state index in [4.69, 9.17) is 0 Å². The van der Waals surface area contributed by atoms with Crippen molar-refractivity contribution in [3.63, 3.8) is 0 Å². The molecule has 6 rings (SSSR count). The number of carbonyl (C=O) groups excluding carboxylic acids is 2. The first-order valence-corrected chi connectivity index (χ1v) is 12.1. The fraction of sp³-hybridized carbons (Fsp3) is 0.217. The Bertz CT molecular complexity index is 1540. The smallest absolute Gasteiger partial charge is 0.253 e. The molecule has 0 radical (unpaired) electrons. The first-order valence-electron chi connectivity index (χ1n) is 11.4. The third kappa shape index (κ3) is 4.20. The van der Waals surface area contributed by atoms with Gasteiger partial charge in [-0.3, -0.25) is 9.59 Å². The van der Waals surface area contributed by atoms with E-state index in [-0.39, 0.29) is 17.7 Å². The first-order chi connectivity index (χ1) is 17.7. The van der Waals surface area contributed by atoms with E-state index in [2.05, 4.69) is 40.5 Å². The Morgan fingerprint density at radius 2 is 1.83 bits per heavy atom. The fourth-order valence-corrected chi connectivity index (χ4v) is 4.72. The molecule has 0 saturated carbocycles. The summed E-state index contributed by atoms with van der Waals surface area (Å²) in [6.45, 7) is 1.04. The van der Waals surface area contributed by atoms with Crippen molar-refractivity contribution in [2.75, 3.05) is 23.7 Å². The van der Waals surface area contributed by atoms with Crippen molar-refractivity contribution in [3.8, 4) is 0 Å². The summed E-state index contributed by atoms with van der Waals surface area (Å²) in [5, 5.41) is 18.5. The van der Waals surface area contributed by atoms with Gasteiger partial charge >= 0.3 is 0 Å². The Balaban J connectivity index is 1.11. The number of tetrazole rings is 1. The highest BCUT2D eigenvalue weighted by Gasteiger charge is 2.28. The Hall–Kier alpha value is -4.52. The molecule has 2 N–H and O–H groups in total. The standard InChI is InChI=1S/C23H20N10O2S/c34-21(28-23-24-13-25-36-23)14-9-11-32(12-10-14)22(35)15-5-7-16(8-6-15)26-19-20-29-30-31-33(20)18-4-2-1-3-17(18)27-19/h1-8,13-14H,9-12H2,(H,26,27)(H,24,25,28,34). The highest BCUT2D eigenvalue weighted by molar-refractivity contribution is 7.09. The zero-order chi connectivity index (χ0) is 24.5. The number of nitrogens with one attached hydrogen (secondary N) is 2.